The topological polar surface area (TPSA) is 24.4 Å². The van der Waals surface area contributed by atoms with E-state index in [1.165, 1.54) is 11.1 Å². The molecule has 1 aromatic carbocycles. The minimum absolute atomic E-state index is 0.630. The fourth-order valence-electron chi connectivity index (χ4n) is 1.57. The van der Waals surface area contributed by atoms with E-state index in [0.717, 1.165) is 18.3 Å². The molecule has 15 heavy (non-hydrogen) atoms. The lowest BCUT2D eigenvalue weighted by Crippen LogP contribution is -2.18. The molecule has 0 amide bonds. The Hall–Kier alpha value is -0.960. The maximum atomic E-state index is 4.42. The second-order valence-corrected chi connectivity index (χ2v) is 5.34. The van der Waals surface area contributed by atoms with Gasteiger partial charge in [-0.3, -0.25) is 4.99 Å². The molecular weight excluding hydrogens is 204 g/mol. The van der Waals surface area contributed by atoms with Gasteiger partial charge in [-0.05, 0) is 12.5 Å². The summed E-state index contributed by atoms with van der Waals surface area (Å²) in [6.45, 7) is 6.14. The monoisotopic (exact) mass is 220 g/mol. The highest BCUT2D eigenvalue weighted by Crippen LogP contribution is 2.18. The quantitative estimate of drug-likeness (QED) is 0.828. The van der Waals surface area contributed by atoms with Crippen LogP contribution in [0.3, 0.4) is 0 Å². The van der Waals surface area contributed by atoms with Gasteiger partial charge in [-0.25, -0.2) is 0 Å². The number of hydrogen-bond donors (Lipinski definition) is 1. The molecule has 0 saturated heterocycles. The average Bonchev–Trinajstić information content (AvgIpc) is 2.62. The molecule has 2 nitrogen and oxygen atoms in total. The zero-order chi connectivity index (χ0) is 10.7. The van der Waals surface area contributed by atoms with Crippen LogP contribution in [0, 0.1) is 6.92 Å². The Morgan fingerprint density at radius 3 is 3.07 bits per heavy atom. The zero-order valence-corrected chi connectivity index (χ0v) is 9.97. The van der Waals surface area contributed by atoms with Gasteiger partial charge in [0.15, 0.2) is 5.17 Å². The first-order chi connectivity index (χ1) is 7.24. The number of hydrogen-bond acceptors (Lipinski definition) is 3. The van der Waals surface area contributed by atoms with Crippen molar-refractivity contribution >= 4 is 16.9 Å². The molecular formula is C12H16N2S. The van der Waals surface area contributed by atoms with Crippen LogP contribution in [0.4, 0.5) is 0 Å². The fraction of sp³-hybridized carbons (Fsp3) is 0.417. The lowest BCUT2D eigenvalue weighted by Gasteiger charge is -2.06. The Balaban J connectivity index is 1.88. The third kappa shape index (κ3) is 2.99. The van der Waals surface area contributed by atoms with Gasteiger partial charge in [0.25, 0.3) is 0 Å². The van der Waals surface area contributed by atoms with Gasteiger partial charge in [0.05, 0.1) is 6.54 Å². The molecule has 2 rings (SSSR count). The molecule has 1 unspecified atom stereocenters. The maximum absolute atomic E-state index is 4.42. The third-order valence-electron chi connectivity index (χ3n) is 2.33. The first-order valence-electron chi connectivity index (χ1n) is 5.24. The number of benzene rings is 1. The van der Waals surface area contributed by atoms with Gasteiger partial charge in [0.1, 0.15) is 0 Å². The number of amidine groups is 1. The Bertz CT molecular complexity index is 374. The molecule has 1 aromatic rings. The largest absolute Gasteiger partial charge is 0.361 e. The van der Waals surface area contributed by atoms with Crippen LogP contribution in [-0.4, -0.2) is 17.0 Å². The van der Waals surface area contributed by atoms with E-state index >= 15 is 0 Å². The molecule has 0 radical (unpaired) electrons. The van der Waals surface area contributed by atoms with Crippen molar-refractivity contribution in [2.45, 2.75) is 25.6 Å². The van der Waals surface area contributed by atoms with Crippen molar-refractivity contribution < 1.29 is 0 Å². The summed E-state index contributed by atoms with van der Waals surface area (Å²) in [5, 5.41) is 5.09. The maximum Gasteiger partial charge on any atom is 0.157 e. The predicted octanol–water partition coefficient (Wildman–Crippen LogP) is 2.58. The molecule has 0 saturated carbocycles. The van der Waals surface area contributed by atoms with Crippen molar-refractivity contribution in [1.82, 2.24) is 5.32 Å². The molecule has 1 N–H and O–H groups in total. The van der Waals surface area contributed by atoms with Crippen molar-refractivity contribution in [2.75, 3.05) is 6.54 Å². The van der Waals surface area contributed by atoms with Gasteiger partial charge in [-0.15, -0.1) is 0 Å². The van der Waals surface area contributed by atoms with Crippen LogP contribution in [0.15, 0.2) is 29.3 Å². The summed E-state index contributed by atoms with van der Waals surface area (Å²) in [6.07, 6.45) is 0. The van der Waals surface area contributed by atoms with Crippen LogP contribution in [0.25, 0.3) is 0 Å². The van der Waals surface area contributed by atoms with E-state index in [1.54, 1.807) is 0 Å². The summed E-state index contributed by atoms with van der Waals surface area (Å²) in [6, 6.07) is 8.56. The van der Waals surface area contributed by atoms with E-state index in [-0.39, 0.29) is 0 Å². The Kier molecular flexibility index (Phi) is 3.31. The van der Waals surface area contributed by atoms with E-state index < -0.39 is 0 Å². The minimum Gasteiger partial charge on any atom is -0.361 e. The lowest BCUT2D eigenvalue weighted by molar-refractivity contribution is 0.912. The smallest absolute Gasteiger partial charge is 0.157 e. The number of thioether (sulfide) groups is 1. The second kappa shape index (κ2) is 4.71. The Morgan fingerprint density at radius 2 is 2.40 bits per heavy atom. The van der Waals surface area contributed by atoms with Gasteiger partial charge in [0, 0.05) is 11.8 Å². The van der Waals surface area contributed by atoms with Crippen molar-refractivity contribution in [1.29, 1.82) is 0 Å². The van der Waals surface area contributed by atoms with E-state index in [9.17, 15) is 0 Å². The standard InChI is InChI=1S/C12H16N2S/c1-9-4-3-5-11(6-9)8-14-12-13-7-10(2)15-12/h3-6,10H,7-8H2,1-2H3,(H,13,14). The van der Waals surface area contributed by atoms with Gasteiger partial charge >= 0.3 is 0 Å². The summed E-state index contributed by atoms with van der Waals surface area (Å²) in [5.74, 6) is 0. The molecule has 0 fully saturated rings. The molecule has 1 atom stereocenters. The predicted molar refractivity (Wildman–Crippen MR) is 67.4 cm³/mol. The number of nitrogens with zero attached hydrogens (tertiary/aromatic N) is 1. The molecule has 0 aliphatic carbocycles. The van der Waals surface area contributed by atoms with Crippen molar-refractivity contribution in [3.8, 4) is 0 Å². The van der Waals surface area contributed by atoms with E-state index in [1.807, 2.05) is 11.8 Å². The summed E-state index contributed by atoms with van der Waals surface area (Å²) in [7, 11) is 0. The number of nitrogens with one attached hydrogen (secondary N) is 1. The molecule has 1 heterocycles. The Labute approximate surface area is 95.2 Å². The van der Waals surface area contributed by atoms with Gasteiger partial charge in [-0.2, -0.15) is 0 Å². The molecule has 0 spiro atoms. The molecule has 1 aliphatic heterocycles. The molecule has 3 heteroatoms. The first-order valence-corrected chi connectivity index (χ1v) is 6.12. The van der Waals surface area contributed by atoms with E-state index in [2.05, 4.69) is 48.4 Å². The third-order valence-corrected chi connectivity index (χ3v) is 3.38. The SMILES string of the molecule is Cc1cccc(CNC2=NCC(C)S2)c1. The molecule has 0 bridgehead atoms. The minimum atomic E-state index is 0.630. The van der Waals surface area contributed by atoms with Crippen LogP contribution in [0.5, 0.6) is 0 Å². The molecule has 0 aromatic heterocycles. The molecule has 80 valence electrons. The number of aliphatic imine (C=N–C) groups is 1. The Morgan fingerprint density at radius 1 is 1.53 bits per heavy atom. The van der Waals surface area contributed by atoms with Crippen molar-refractivity contribution in [2.24, 2.45) is 4.99 Å². The number of rotatable bonds is 2. The second-order valence-electron chi connectivity index (χ2n) is 3.92. The summed E-state index contributed by atoms with van der Waals surface area (Å²) in [5.41, 5.74) is 2.63. The van der Waals surface area contributed by atoms with Crippen LogP contribution < -0.4 is 5.32 Å². The number of aryl methyl sites for hydroxylation is 1. The van der Waals surface area contributed by atoms with Crippen molar-refractivity contribution in [3.63, 3.8) is 0 Å². The normalized spacial score (nSPS) is 20.1. The van der Waals surface area contributed by atoms with E-state index in [4.69, 9.17) is 0 Å². The average molecular weight is 220 g/mol. The van der Waals surface area contributed by atoms with Gasteiger partial charge in [0.2, 0.25) is 0 Å². The summed E-state index contributed by atoms with van der Waals surface area (Å²) in [4.78, 5) is 4.42. The first kappa shape index (κ1) is 10.6. The zero-order valence-electron chi connectivity index (χ0n) is 9.16. The highest BCUT2D eigenvalue weighted by molar-refractivity contribution is 8.14. The highest BCUT2D eigenvalue weighted by Gasteiger charge is 2.13. The van der Waals surface area contributed by atoms with Crippen LogP contribution in [-0.2, 0) is 6.54 Å². The van der Waals surface area contributed by atoms with Crippen molar-refractivity contribution in [3.05, 3.63) is 35.4 Å². The van der Waals surface area contributed by atoms with E-state index in [0.29, 0.717) is 5.25 Å². The van der Waals surface area contributed by atoms with Crippen LogP contribution in [0.1, 0.15) is 18.1 Å². The summed E-state index contributed by atoms with van der Waals surface area (Å²) < 4.78 is 0. The van der Waals surface area contributed by atoms with Crippen LogP contribution in [0.2, 0.25) is 0 Å². The fourth-order valence-corrected chi connectivity index (χ4v) is 2.41. The highest BCUT2D eigenvalue weighted by atomic mass is 32.2. The van der Waals surface area contributed by atoms with Crippen LogP contribution >= 0.6 is 11.8 Å². The lowest BCUT2D eigenvalue weighted by atomic mass is 10.1. The summed E-state index contributed by atoms with van der Waals surface area (Å²) >= 11 is 1.83. The van der Waals surface area contributed by atoms with Gasteiger partial charge in [-0.1, -0.05) is 48.5 Å². The molecule has 1 aliphatic rings. The van der Waals surface area contributed by atoms with Gasteiger partial charge < -0.3 is 5.32 Å².